The van der Waals surface area contributed by atoms with Gasteiger partial charge < -0.3 is 41.3 Å². The molecule has 2 aromatic carbocycles. The van der Waals surface area contributed by atoms with Crippen molar-refractivity contribution >= 4 is 23.9 Å². The number of aliphatic carboxylic acids is 4. The molecule has 0 saturated carbocycles. The Balaban J connectivity index is 0.00000117. The number of rotatable bonds is 16. The minimum atomic E-state index is -1.82. The second kappa shape index (κ2) is 23.5. The van der Waals surface area contributed by atoms with Crippen LogP contribution in [0.1, 0.15) is 62.1 Å². The summed E-state index contributed by atoms with van der Waals surface area (Å²) in [6, 6.07) is 14.2. The fraction of sp³-hybridized carbons (Fsp3) is 0.467. The summed E-state index contributed by atoms with van der Waals surface area (Å²) in [7, 11) is 0. The van der Waals surface area contributed by atoms with Crippen LogP contribution in [0.5, 0.6) is 11.5 Å². The summed E-state index contributed by atoms with van der Waals surface area (Å²) in [6.07, 6.45) is 9.89. The molecule has 12 heteroatoms. The molecular weight excluding hydrogens is 548 g/mol. The third-order valence-corrected chi connectivity index (χ3v) is 5.97. The third-order valence-electron chi connectivity index (χ3n) is 5.97. The van der Waals surface area contributed by atoms with Gasteiger partial charge >= 0.3 is 23.9 Å². The molecule has 0 radical (unpaired) electrons. The Kier molecular flexibility index (Phi) is 21.2. The van der Waals surface area contributed by atoms with E-state index in [-0.39, 0.29) is 11.5 Å². The van der Waals surface area contributed by atoms with Crippen LogP contribution in [-0.2, 0) is 38.4 Å². The highest BCUT2D eigenvalue weighted by molar-refractivity contribution is 6.27. The van der Waals surface area contributed by atoms with E-state index in [2.05, 4.69) is 47.9 Å². The van der Waals surface area contributed by atoms with Crippen LogP contribution < -0.4 is 10.6 Å². The van der Waals surface area contributed by atoms with Gasteiger partial charge in [0.15, 0.2) is 11.5 Å². The molecule has 0 bridgehead atoms. The van der Waals surface area contributed by atoms with Gasteiger partial charge in [0.05, 0.1) is 0 Å². The second-order valence-electron chi connectivity index (χ2n) is 9.29. The quantitative estimate of drug-likeness (QED) is 0.0801. The van der Waals surface area contributed by atoms with Gasteiger partial charge in [-0.15, -0.1) is 0 Å². The van der Waals surface area contributed by atoms with Gasteiger partial charge in [-0.1, -0.05) is 62.6 Å². The van der Waals surface area contributed by atoms with Gasteiger partial charge in [-0.3, -0.25) is 0 Å². The lowest BCUT2D eigenvalue weighted by Gasteiger charge is -2.13. The van der Waals surface area contributed by atoms with Gasteiger partial charge in [-0.05, 0) is 81.9 Å². The van der Waals surface area contributed by atoms with Crippen LogP contribution >= 0.6 is 0 Å². The lowest BCUT2D eigenvalue weighted by molar-refractivity contribution is -0.159. The van der Waals surface area contributed by atoms with Crippen molar-refractivity contribution in [2.45, 2.75) is 64.7 Å². The van der Waals surface area contributed by atoms with E-state index in [1.54, 1.807) is 6.07 Å². The van der Waals surface area contributed by atoms with Crippen molar-refractivity contribution in [2.75, 3.05) is 26.2 Å². The van der Waals surface area contributed by atoms with Gasteiger partial charge in [-0.2, -0.15) is 0 Å². The molecule has 0 amide bonds. The molecule has 0 aromatic heterocycles. The molecule has 0 atom stereocenters. The standard InChI is InChI=1S/C26H40N2O2.2C2H2O4/c1-2-3-13-24-23(14-15-25(29)26(24)30)17-21-28-19-10-5-4-9-18-27-20-16-22-11-7-6-8-12-22;2*3-1(4)2(5)6/h6-8,11-12,14-15,27-30H,2-5,9-10,13,16-21H2,1H3;2*(H,3,4)(H,5,6). The van der Waals surface area contributed by atoms with Crippen molar-refractivity contribution in [3.8, 4) is 11.5 Å². The Hall–Kier alpha value is -4.16. The summed E-state index contributed by atoms with van der Waals surface area (Å²) >= 11 is 0. The van der Waals surface area contributed by atoms with Crippen molar-refractivity contribution in [1.82, 2.24) is 10.6 Å². The number of aromatic hydroxyl groups is 2. The molecule has 0 saturated heterocycles. The molecule has 0 heterocycles. The van der Waals surface area contributed by atoms with Crippen molar-refractivity contribution in [3.05, 3.63) is 59.2 Å². The summed E-state index contributed by atoms with van der Waals surface area (Å²) in [4.78, 5) is 36.4. The molecule has 0 fully saturated rings. The first-order valence-electron chi connectivity index (χ1n) is 13.9. The van der Waals surface area contributed by atoms with Crippen LogP contribution in [0.15, 0.2) is 42.5 Å². The van der Waals surface area contributed by atoms with E-state index in [0.29, 0.717) is 0 Å². The van der Waals surface area contributed by atoms with Crippen molar-refractivity contribution in [2.24, 2.45) is 0 Å². The number of carboxylic acids is 4. The number of nitrogens with one attached hydrogen (secondary N) is 2. The normalized spacial score (nSPS) is 10.0. The minimum absolute atomic E-state index is 0.00707. The van der Waals surface area contributed by atoms with Gasteiger partial charge in [0.25, 0.3) is 0 Å². The molecule has 2 rings (SSSR count). The number of hydrogen-bond donors (Lipinski definition) is 8. The molecular formula is C30H44N2O10. The Morgan fingerprint density at radius 1 is 0.595 bits per heavy atom. The summed E-state index contributed by atoms with van der Waals surface area (Å²) in [6.45, 7) is 6.24. The highest BCUT2D eigenvalue weighted by Gasteiger charge is 2.11. The minimum Gasteiger partial charge on any atom is -0.504 e. The van der Waals surface area contributed by atoms with Crippen molar-refractivity contribution in [3.63, 3.8) is 0 Å². The second-order valence-corrected chi connectivity index (χ2v) is 9.29. The van der Waals surface area contributed by atoms with Crippen LogP contribution in [0.2, 0.25) is 0 Å². The highest BCUT2D eigenvalue weighted by atomic mass is 16.4. The van der Waals surface area contributed by atoms with Crippen LogP contribution in [0.25, 0.3) is 0 Å². The van der Waals surface area contributed by atoms with E-state index >= 15 is 0 Å². The van der Waals surface area contributed by atoms with Gasteiger partial charge in [0, 0.05) is 5.56 Å². The zero-order valence-corrected chi connectivity index (χ0v) is 24.1. The average molecular weight is 593 g/mol. The molecule has 8 N–H and O–H groups in total. The molecule has 0 spiro atoms. The Morgan fingerprint density at radius 3 is 1.57 bits per heavy atom. The number of benzene rings is 2. The van der Waals surface area contributed by atoms with Crippen LogP contribution in [0.4, 0.5) is 0 Å². The number of unbranched alkanes of at least 4 members (excludes halogenated alkanes) is 4. The average Bonchev–Trinajstić information content (AvgIpc) is 2.96. The van der Waals surface area contributed by atoms with Gasteiger partial charge in [0.2, 0.25) is 0 Å². The predicted octanol–water partition coefficient (Wildman–Crippen LogP) is 3.28. The number of carboxylic acid groups (broad SMARTS) is 4. The number of phenolic OH excluding ortho intramolecular Hbond substituents is 2. The van der Waals surface area contributed by atoms with Gasteiger partial charge in [-0.25, -0.2) is 19.2 Å². The topological polar surface area (TPSA) is 214 Å². The van der Waals surface area contributed by atoms with E-state index in [9.17, 15) is 10.2 Å². The first-order chi connectivity index (χ1) is 20.0. The molecule has 12 nitrogen and oxygen atoms in total. The molecule has 0 aliphatic rings. The zero-order valence-electron chi connectivity index (χ0n) is 24.1. The highest BCUT2D eigenvalue weighted by Crippen LogP contribution is 2.32. The van der Waals surface area contributed by atoms with Crippen LogP contribution in [-0.4, -0.2) is 80.7 Å². The Morgan fingerprint density at radius 2 is 1.10 bits per heavy atom. The first-order valence-corrected chi connectivity index (χ1v) is 13.9. The number of carbonyl (C=O) groups is 4. The van der Waals surface area contributed by atoms with Crippen LogP contribution in [0.3, 0.4) is 0 Å². The molecule has 42 heavy (non-hydrogen) atoms. The number of phenols is 2. The predicted molar refractivity (Wildman–Crippen MR) is 157 cm³/mol. The first kappa shape index (κ1) is 37.8. The van der Waals surface area contributed by atoms with Crippen molar-refractivity contribution < 1.29 is 49.8 Å². The van der Waals surface area contributed by atoms with E-state index in [4.69, 9.17) is 39.6 Å². The summed E-state index contributed by atoms with van der Waals surface area (Å²) in [5.41, 5.74) is 3.46. The Labute approximate surface area is 246 Å². The molecule has 2 aromatic rings. The third kappa shape index (κ3) is 19.0. The monoisotopic (exact) mass is 592 g/mol. The zero-order chi connectivity index (χ0) is 31.8. The van der Waals surface area contributed by atoms with Crippen LogP contribution in [0, 0.1) is 0 Å². The lowest BCUT2D eigenvalue weighted by atomic mass is 9.98. The number of hydrogen-bond acceptors (Lipinski definition) is 8. The largest absolute Gasteiger partial charge is 0.504 e. The van der Waals surface area contributed by atoms with E-state index in [1.165, 1.54) is 31.2 Å². The maximum atomic E-state index is 10.2. The maximum Gasteiger partial charge on any atom is 0.414 e. The van der Waals surface area contributed by atoms with E-state index < -0.39 is 23.9 Å². The molecule has 0 unspecified atom stereocenters. The van der Waals surface area contributed by atoms with E-state index in [0.717, 1.165) is 69.4 Å². The molecule has 0 aliphatic carbocycles. The van der Waals surface area contributed by atoms with E-state index in [1.807, 2.05) is 6.07 Å². The summed E-state index contributed by atoms with van der Waals surface area (Å²) in [5.74, 6) is -7.24. The SMILES string of the molecule is CCCCc1c(CCNCCCCCCNCCc2ccccc2)ccc(O)c1O.O=C(O)C(=O)O.O=C(O)C(=O)O. The Bertz CT molecular complexity index is 1030. The maximum absolute atomic E-state index is 10.2. The fourth-order valence-corrected chi connectivity index (χ4v) is 3.74. The molecule has 234 valence electrons. The smallest absolute Gasteiger partial charge is 0.414 e. The molecule has 0 aliphatic heterocycles. The van der Waals surface area contributed by atoms with Gasteiger partial charge in [0.1, 0.15) is 0 Å². The summed E-state index contributed by atoms with van der Waals surface area (Å²) in [5, 5.41) is 56.6. The van der Waals surface area contributed by atoms with Crippen molar-refractivity contribution in [1.29, 1.82) is 0 Å². The fourth-order valence-electron chi connectivity index (χ4n) is 3.74. The summed E-state index contributed by atoms with van der Waals surface area (Å²) < 4.78 is 0. The lowest BCUT2D eigenvalue weighted by Crippen LogP contribution is -2.20.